The molecule has 0 radical (unpaired) electrons. The maximum Gasteiger partial charge on any atom is 0.416 e. The lowest BCUT2D eigenvalue weighted by Gasteiger charge is -2.18. The molecule has 1 atom stereocenters. The first-order chi connectivity index (χ1) is 21.3. The number of fused-ring (bicyclic) bond motifs is 1. The average molecular weight is 673 g/mol. The molecule has 1 aliphatic heterocycles. The predicted octanol–water partition coefficient (Wildman–Crippen LogP) is 6.00. The van der Waals surface area contributed by atoms with Crippen LogP contribution in [0.1, 0.15) is 63.4 Å². The summed E-state index contributed by atoms with van der Waals surface area (Å²) in [4.78, 5) is 17.9. The number of aromatic nitrogens is 1. The van der Waals surface area contributed by atoms with Gasteiger partial charge in [0.05, 0.1) is 27.3 Å². The molecule has 46 heavy (non-hydrogen) atoms. The maximum absolute atomic E-state index is 13.3. The summed E-state index contributed by atoms with van der Waals surface area (Å²) in [5, 5.41) is 16.5. The highest BCUT2D eigenvalue weighted by atomic mass is 32.2. The smallest absolute Gasteiger partial charge is 0.369 e. The minimum absolute atomic E-state index is 0.0681. The van der Waals surface area contributed by atoms with Crippen molar-refractivity contribution in [2.45, 2.75) is 56.9 Å². The number of sulfone groups is 1. The zero-order chi connectivity index (χ0) is 34.2. The summed E-state index contributed by atoms with van der Waals surface area (Å²) in [6.07, 6.45) is -9.98. The molecule has 0 saturated heterocycles. The van der Waals surface area contributed by atoms with Gasteiger partial charge in [-0.1, -0.05) is 13.8 Å². The van der Waals surface area contributed by atoms with E-state index in [1.807, 2.05) is 13.8 Å². The fourth-order valence-electron chi connectivity index (χ4n) is 5.39. The van der Waals surface area contributed by atoms with Crippen LogP contribution in [0.3, 0.4) is 0 Å². The van der Waals surface area contributed by atoms with Crippen molar-refractivity contribution in [2.24, 2.45) is 0 Å². The molecule has 2 aromatic carbocycles. The number of aromatic amines is 1. The highest BCUT2D eigenvalue weighted by Crippen LogP contribution is 2.40. The average Bonchev–Trinajstić information content (AvgIpc) is 3.42. The topological polar surface area (TPSA) is 115 Å². The SMILES string of the molecule is CCN(CC)CCNC(=O)c1c(C)[nH]c(/C=C2/c3cc(S(=O)(=O)Cc4cc(C(F)(F)F)cc(C(F)(F)F)c4)ccc3NC2O)c1C. The van der Waals surface area contributed by atoms with Gasteiger partial charge < -0.3 is 25.6 Å². The van der Waals surface area contributed by atoms with Gasteiger partial charge in [0.1, 0.15) is 0 Å². The third-order valence-electron chi connectivity index (χ3n) is 7.86. The van der Waals surface area contributed by atoms with Crippen molar-refractivity contribution in [1.29, 1.82) is 0 Å². The van der Waals surface area contributed by atoms with E-state index in [0.717, 1.165) is 19.2 Å². The molecule has 0 bridgehead atoms. The minimum Gasteiger partial charge on any atom is -0.369 e. The first-order valence-corrected chi connectivity index (χ1v) is 16.0. The lowest BCUT2D eigenvalue weighted by molar-refractivity contribution is -0.143. The standard InChI is InChI=1S/C31H34F6N4O4S/c1-5-41(6-2)10-9-38-29(43)27-17(3)26(39-18(27)4)15-24-23-14-22(7-8-25(23)40-28(24)42)46(44,45)16-19-11-20(30(32,33)34)13-21(12-19)31(35,36)37/h7-8,11-15,28,39-40,42H,5-6,9-10,16H2,1-4H3,(H,38,43)/b24-15-. The van der Waals surface area contributed by atoms with Crippen LogP contribution in [0.4, 0.5) is 32.0 Å². The summed E-state index contributed by atoms with van der Waals surface area (Å²) in [5.74, 6) is -1.42. The third-order valence-corrected chi connectivity index (χ3v) is 9.55. The number of anilines is 1. The quantitative estimate of drug-likeness (QED) is 0.197. The van der Waals surface area contributed by atoms with Crippen molar-refractivity contribution < 1.29 is 44.7 Å². The number of aryl methyl sites for hydroxylation is 1. The highest BCUT2D eigenvalue weighted by Gasteiger charge is 2.37. The van der Waals surface area contributed by atoms with Crippen molar-refractivity contribution in [3.63, 3.8) is 0 Å². The van der Waals surface area contributed by atoms with E-state index in [9.17, 15) is 44.7 Å². The van der Waals surface area contributed by atoms with Crippen LogP contribution in [-0.4, -0.2) is 61.7 Å². The Hall–Kier alpha value is -3.82. The lowest BCUT2D eigenvalue weighted by atomic mass is 10.0. The number of rotatable bonds is 10. The van der Waals surface area contributed by atoms with Crippen LogP contribution in [0.5, 0.6) is 0 Å². The highest BCUT2D eigenvalue weighted by molar-refractivity contribution is 7.90. The summed E-state index contributed by atoms with van der Waals surface area (Å²) in [6.45, 7) is 10.3. The summed E-state index contributed by atoms with van der Waals surface area (Å²) >= 11 is 0. The molecule has 4 rings (SSSR count). The summed E-state index contributed by atoms with van der Waals surface area (Å²) in [6, 6.07) is 4.39. The van der Waals surface area contributed by atoms with Crippen LogP contribution in [0.15, 0.2) is 41.3 Å². The van der Waals surface area contributed by atoms with E-state index >= 15 is 0 Å². The molecule has 0 spiro atoms. The van der Waals surface area contributed by atoms with Crippen molar-refractivity contribution in [1.82, 2.24) is 15.2 Å². The zero-order valence-corrected chi connectivity index (χ0v) is 26.3. The summed E-state index contributed by atoms with van der Waals surface area (Å²) in [5.41, 5.74) is -1.02. The number of hydrogen-bond acceptors (Lipinski definition) is 6. The Balaban J connectivity index is 1.65. The molecule has 250 valence electrons. The van der Waals surface area contributed by atoms with E-state index in [1.54, 1.807) is 19.9 Å². The van der Waals surface area contributed by atoms with E-state index in [2.05, 4.69) is 20.5 Å². The molecule has 1 amide bonds. The first-order valence-electron chi connectivity index (χ1n) is 14.4. The Morgan fingerprint density at radius 1 is 1.00 bits per heavy atom. The van der Waals surface area contributed by atoms with E-state index in [1.165, 1.54) is 12.1 Å². The number of alkyl halides is 6. The Morgan fingerprint density at radius 3 is 2.17 bits per heavy atom. The predicted molar refractivity (Wildman–Crippen MR) is 162 cm³/mol. The number of carbonyl (C=O) groups is 1. The van der Waals surface area contributed by atoms with Gasteiger partial charge in [-0.2, -0.15) is 26.3 Å². The van der Waals surface area contributed by atoms with Crippen molar-refractivity contribution in [3.8, 4) is 0 Å². The molecule has 4 N–H and O–H groups in total. The van der Waals surface area contributed by atoms with Crippen molar-refractivity contribution >= 4 is 33.1 Å². The van der Waals surface area contributed by atoms with Crippen molar-refractivity contribution in [3.05, 3.63) is 81.2 Å². The second-order valence-corrected chi connectivity index (χ2v) is 13.0. The summed E-state index contributed by atoms with van der Waals surface area (Å²) in [7, 11) is -4.45. The largest absolute Gasteiger partial charge is 0.416 e. The van der Waals surface area contributed by atoms with Gasteiger partial charge in [-0.3, -0.25) is 4.79 Å². The molecule has 0 saturated carbocycles. The van der Waals surface area contributed by atoms with E-state index < -0.39 is 50.9 Å². The number of likely N-dealkylation sites (N-methyl/N-ethyl adjacent to an activating group) is 1. The molecule has 1 aromatic heterocycles. The molecule has 0 fully saturated rings. The molecule has 1 unspecified atom stereocenters. The third kappa shape index (κ3) is 7.58. The van der Waals surface area contributed by atoms with Gasteiger partial charge in [0.15, 0.2) is 16.1 Å². The summed E-state index contributed by atoms with van der Waals surface area (Å²) < 4.78 is 107. The number of aliphatic hydroxyl groups excluding tert-OH is 1. The fourth-order valence-corrected chi connectivity index (χ4v) is 6.73. The monoisotopic (exact) mass is 672 g/mol. The fraction of sp³-hybridized carbons (Fsp3) is 0.387. The second kappa shape index (κ2) is 13.1. The van der Waals surface area contributed by atoms with Crippen LogP contribution < -0.4 is 10.6 Å². The zero-order valence-electron chi connectivity index (χ0n) is 25.4. The van der Waals surface area contributed by atoms with E-state index in [-0.39, 0.29) is 28.0 Å². The number of aliphatic hydroxyl groups is 1. The number of benzene rings is 2. The number of nitrogens with zero attached hydrogens (tertiary/aromatic N) is 1. The van der Waals surface area contributed by atoms with Gasteiger partial charge >= 0.3 is 12.4 Å². The Labute approximate surface area is 262 Å². The van der Waals surface area contributed by atoms with Crippen LogP contribution in [-0.2, 0) is 27.9 Å². The molecule has 8 nitrogen and oxygen atoms in total. The Morgan fingerprint density at radius 2 is 1.61 bits per heavy atom. The number of hydrogen-bond donors (Lipinski definition) is 4. The number of amides is 1. The second-order valence-electron chi connectivity index (χ2n) is 11.0. The Bertz CT molecular complexity index is 1730. The molecule has 15 heteroatoms. The number of nitrogens with one attached hydrogen (secondary N) is 3. The molecular formula is C31H34F6N4O4S. The number of halogens is 6. The lowest BCUT2D eigenvalue weighted by Crippen LogP contribution is -2.35. The van der Waals surface area contributed by atoms with Crippen LogP contribution in [0.2, 0.25) is 0 Å². The minimum atomic E-state index is -5.13. The maximum atomic E-state index is 13.3. The van der Waals surface area contributed by atoms with Gasteiger partial charge in [0.2, 0.25) is 0 Å². The van der Waals surface area contributed by atoms with Crippen LogP contribution in [0.25, 0.3) is 11.6 Å². The number of H-pyrrole nitrogens is 1. The van der Waals surface area contributed by atoms with Gasteiger partial charge in [0.25, 0.3) is 5.91 Å². The normalized spacial score (nSPS) is 16.2. The molecule has 0 aliphatic carbocycles. The van der Waals surface area contributed by atoms with Gasteiger partial charge in [-0.15, -0.1) is 0 Å². The number of carbonyl (C=O) groups excluding carboxylic acids is 1. The molecule has 1 aliphatic rings. The van der Waals surface area contributed by atoms with E-state index in [0.29, 0.717) is 53.4 Å². The van der Waals surface area contributed by atoms with Gasteiger partial charge in [-0.05, 0) is 80.5 Å². The molecular weight excluding hydrogens is 638 g/mol. The van der Waals surface area contributed by atoms with E-state index in [4.69, 9.17) is 0 Å². The van der Waals surface area contributed by atoms with Gasteiger partial charge in [0, 0.05) is 41.3 Å². The van der Waals surface area contributed by atoms with Crippen molar-refractivity contribution in [2.75, 3.05) is 31.5 Å². The van der Waals surface area contributed by atoms with Gasteiger partial charge in [-0.25, -0.2) is 8.42 Å². The van der Waals surface area contributed by atoms with Crippen LogP contribution >= 0.6 is 0 Å². The first kappa shape index (κ1) is 35.0. The molecule has 3 aromatic rings. The van der Waals surface area contributed by atoms with Crippen LogP contribution in [0, 0.1) is 13.8 Å². The Kier molecular flexibility index (Phi) is 10.00. The molecule has 2 heterocycles.